The van der Waals surface area contributed by atoms with Crippen LogP contribution in [0.4, 0.5) is 0 Å². The van der Waals surface area contributed by atoms with Crippen LogP contribution in [-0.2, 0) is 0 Å². The molecule has 0 fully saturated rings. The summed E-state index contributed by atoms with van der Waals surface area (Å²) in [6.07, 6.45) is 3.84. The van der Waals surface area contributed by atoms with Crippen LogP contribution in [0.15, 0.2) is 78.0 Å². The first-order valence-electron chi connectivity index (χ1n) is 6.75. The predicted molar refractivity (Wildman–Crippen MR) is 89.0 cm³/mol. The first-order valence-corrected chi connectivity index (χ1v) is 8.12. The van der Waals surface area contributed by atoms with Gasteiger partial charge in [0.2, 0.25) is 0 Å². The van der Waals surface area contributed by atoms with Crippen molar-refractivity contribution >= 4 is 23.4 Å². The lowest BCUT2D eigenvalue weighted by Crippen LogP contribution is -2.13. The van der Waals surface area contributed by atoms with E-state index in [0.29, 0.717) is 0 Å². The average molecular weight is 315 g/mol. The summed E-state index contributed by atoms with van der Waals surface area (Å²) in [4.78, 5) is 1.22. The van der Waals surface area contributed by atoms with Gasteiger partial charge in [0.05, 0.1) is 6.04 Å². The number of nitrogens with zero attached hydrogens (tertiary/aromatic N) is 2. The van der Waals surface area contributed by atoms with Gasteiger partial charge in [0.25, 0.3) is 0 Å². The molecule has 0 spiro atoms. The number of halogens is 1. The monoisotopic (exact) mass is 314 g/mol. The molecule has 0 bridgehead atoms. The van der Waals surface area contributed by atoms with Gasteiger partial charge in [0, 0.05) is 28.1 Å². The largest absolute Gasteiger partial charge is 0.264 e. The molecular formula is C17H15ClN2S. The minimum Gasteiger partial charge on any atom is -0.264 e. The van der Waals surface area contributed by atoms with Gasteiger partial charge in [-0.1, -0.05) is 41.9 Å². The van der Waals surface area contributed by atoms with Crippen LogP contribution >= 0.6 is 23.4 Å². The van der Waals surface area contributed by atoms with Crippen molar-refractivity contribution in [1.29, 1.82) is 0 Å². The quantitative estimate of drug-likeness (QED) is 0.622. The van der Waals surface area contributed by atoms with Gasteiger partial charge in [0.15, 0.2) is 0 Å². The predicted octanol–water partition coefficient (Wildman–Crippen LogP) is 4.92. The van der Waals surface area contributed by atoms with E-state index in [0.717, 1.165) is 10.8 Å². The second-order valence-electron chi connectivity index (χ2n) is 4.68. The molecule has 106 valence electrons. The lowest BCUT2D eigenvalue weighted by molar-refractivity contribution is 0.572. The fourth-order valence-corrected chi connectivity index (χ4v) is 3.32. The molecule has 2 nitrogen and oxygen atoms in total. The Morgan fingerprint density at radius 2 is 1.76 bits per heavy atom. The van der Waals surface area contributed by atoms with Crippen LogP contribution in [0.3, 0.4) is 0 Å². The Morgan fingerprint density at radius 3 is 2.43 bits per heavy atom. The van der Waals surface area contributed by atoms with E-state index in [1.807, 2.05) is 53.1 Å². The van der Waals surface area contributed by atoms with Gasteiger partial charge in [-0.25, -0.2) is 0 Å². The SMILES string of the molecule is Clc1ccc(SCC(c2ccccc2)n2cccn2)cc1. The summed E-state index contributed by atoms with van der Waals surface area (Å²) in [7, 11) is 0. The number of hydrogen-bond acceptors (Lipinski definition) is 2. The van der Waals surface area contributed by atoms with Crippen LogP contribution in [0.5, 0.6) is 0 Å². The molecule has 0 N–H and O–H groups in total. The van der Waals surface area contributed by atoms with E-state index in [-0.39, 0.29) is 6.04 Å². The maximum absolute atomic E-state index is 5.93. The van der Waals surface area contributed by atoms with Gasteiger partial charge >= 0.3 is 0 Å². The highest BCUT2D eigenvalue weighted by molar-refractivity contribution is 7.99. The molecule has 0 amide bonds. The van der Waals surface area contributed by atoms with Crippen molar-refractivity contribution in [2.45, 2.75) is 10.9 Å². The molecule has 0 aliphatic rings. The van der Waals surface area contributed by atoms with Gasteiger partial charge < -0.3 is 0 Å². The number of rotatable bonds is 5. The van der Waals surface area contributed by atoms with E-state index in [1.165, 1.54) is 10.5 Å². The topological polar surface area (TPSA) is 17.8 Å². The highest BCUT2D eigenvalue weighted by Crippen LogP contribution is 2.28. The van der Waals surface area contributed by atoms with Crippen LogP contribution in [0.1, 0.15) is 11.6 Å². The molecule has 4 heteroatoms. The number of benzene rings is 2. The fourth-order valence-electron chi connectivity index (χ4n) is 2.17. The van der Waals surface area contributed by atoms with E-state index in [9.17, 15) is 0 Å². The molecule has 3 rings (SSSR count). The lowest BCUT2D eigenvalue weighted by atomic mass is 10.1. The first kappa shape index (κ1) is 14.2. The second-order valence-corrected chi connectivity index (χ2v) is 6.21. The smallest absolute Gasteiger partial charge is 0.0862 e. The summed E-state index contributed by atoms with van der Waals surface area (Å²) >= 11 is 7.74. The molecule has 1 heterocycles. The summed E-state index contributed by atoms with van der Waals surface area (Å²) in [5, 5.41) is 5.17. The minimum atomic E-state index is 0.224. The summed E-state index contributed by atoms with van der Waals surface area (Å²) in [6.45, 7) is 0. The zero-order chi connectivity index (χ0) is 14.5. The molecule has 21 heavy (non-hydrogen) atoms. The number of thioether (sulfide) groups is 1. The Kier molecular flexibility index (Phi) is 4.63. The molecule has 2 aromatic carbocycles. The normalized spacial score (nSPS) is 12.2. The standard InChI is InChI=1S/C17H15ClN2S/c18-15-7-9-16(10-8-15)21-13-17(20-12-4-11-19-20)14-5-2-1-3-6-14/h1-12,17H,13H2. The molecule has 1 unspecified atom stereocenters. The number of aromatic nitrogens is 2. The molecule has 1 atom stereocenters. The maximum atomic E-state index is 5.93. The van der Waals surface area contributed by atoms with Crippen LogP contribution < -0.4 is 0 Å². The lowest BCUT2D eigenvalue weighted by Gasteiger charge is -2.18. The van der Waals surface area contributed by atoms with Crippen LogP contribution in [0.2, 0.25) is 5.02 Å². The van der Waals surface area contributed by atoms with Crippen molar-refractivity contribution < 1.29 is 0 Å². The Balaban J connectivity index is 1.78. The number of hydrogen-bond donors (Lipinski definition) is 0. The Morgan fingerprint density at radius 1 is 1.00 bits per heavy atom. The summed E-state index contributed by atoms with van der Waals surface area (Å²) in [6, 6.07) is 20.6. The molecule has 1 aromatic heterocycles. The van der Waals surface area contributed by atoms with Crippen molar-refractivity contribution in [3.05, 3.63) is 83.6 Å². The van der Waals surface area contributed by atoms with Gasteiger partial charge in [-0.05, 0) is 35.9 Å². The van der Waals surface area contributed by atoms with Crippen molar-refractivity contribution in [2.24, 2.45) is 0 Å². The van der Waals surface area contributed by atoms with E-state index >= 15 is 0 Å². The van der Waals surface area contributed by atoms with Crippen molar-refractivity contribution in [3.63, 3.8) is 0 Å². The molecule has 3 aromatic rings. The summed E-state index contributed by atoms with van der Waals surface area (Å²) in [5.74, 6) is 0.924. The van der Waals surface area contributed by atoms with Gasteiger partial charge in [0.1, 0.15) is 0 Å². The second kappa shape index (κ2) is 6.83. The highest BCUT2D eigenvalue weighted by atomic mass is 35.5. The van der Waals surface area contributed by atoms with Crippen molar-refractivity contribution in [1.82, 2.24) is 9.78 Å². The fraction of sp³-hybridized carbons (Fsp3) is 0.118. The summed E-state index contributed by atoms with van der Waals surface area (Å²) < 4.78 is 2.01. The molecular weight excluding hydrogens is 300 g/mol. The van der Waals surface area contributed by atoms with Crippen LogP contribution in [-0.4, -0.2) is 15.5 Å². The van der Waals surface area contributed by atoms with Crippen LogP contribution in [0, 0.1) is 0 Å². The molecule has 0 radical (unpaired) electrons. The highest BCUT2D eigenvalue weighted by Gasteiger charge is 2.14. The zero-order valence-corrected chi connectivity index (χ0v) is 13.0. The minimum absolute atomic E-state index is 0.224. The molecule has 0 aliphatic heterocycles. The summed E-state index contributed by atoms with van der Waals surface area (Å²) in [5.41, 5.74) is 1.27. The van der Waals surface area contributed by atoms with Crippen molar-refractivity contribution in [2.75, 3.05) is 5.75 Å². The third kappa shape index (κ3) is 3.69. The van der Waals surface area contributed by atoms with Crippen LogP contribution in [0.25, 0.3) is 0 Å². The van der Waals surface area contributed by atoms with E-state index in [4.69, 9.17) is 11.6 Å². The Hall–Kier alpha value is -1.71. The van der Waals surface area contributed by atoms with E-state index in [1.54, 1.807) is 0 Å². The van der Waals surface area contributed by atoms with Gasteiger partial charge in [-0.2, -0.15) is 5.10 Å². The molecule has 0 saturated carbocycles. The first-order chi connectivity index (χ1) is 10.3. The molecule has 0 aliphatic carbocycles. The van der Waals surface area contributed by atoms with Gasteiger partial charge in [-0.3, -0.25) is 4.68 Å². The third-order valence-corrected chi connectivity index (χ3v) is 4.59. The van der Waals surface area contributed by atoms with Crippen molar-refractivity contribution in [3.8, 4) is 0 Å². The van der Waals surface area contributed by atoms with Gasteiger partial charge in [-0.15, -0.1) is 11.8 Å². The Bertz CT molecular complexity index is 666. The molecule has 0 saturated heterocycles. The van der Waals surface area contributed by atoms with E-state index < -0.39 is 0 Å². The third-order valence-electron chi connectivity index (χ3n) is 3.25. The zero-order valence-electron chi connectivity index (χ0n) is 11.4. The maximum Gasteiger partial charge on any atom is 0.0862 e. The van der Waals surface area contributed by atoms with E-state index in [2.05, 4.69) is 41.5 Å². The average Bonchev–Trinajstić information content (AvgIpc) is 3.05. The Labute approximate surface area is 133 Å².